The lowest BCUT2D eigenvalue weighted by Crippen LogP contribution is -2.19. The molecule has 4 heteroatoms. The van der Waals surface area contributed by atoms with E-state index in [0.29, 0.717) is 11.7 Å². The maximum absolute atomic E-state index is 12.5. The van der Waals surface area contributed by atoms with Crippen LogP contribution in [0.4, 0.5) is 11.4 Å². The number of carbonyl (C=O) groups is 1. The van der Waals surface area contributed by atoms with Crippen LogP contribution in [-0.4, -0.2) is 16.9 Å². The van der Waals surface area contributed by atoms with Crippen molar-refractivity contribution in [2.24, 2.45) is 0 Å². The fourth-order valence-corrected chi connectivity index (χ4v) is 3.44. The van der Waals surface area contributed by atoms with Crippen LogP contribution in [0.3, 0.4) is 0 Å². The van der Waals surface area contributed by atoms with Crippen LogP contribution >= 0.6 is 0 Å². The predicted molar refractivity (Wildman–Crippen MR) is 103 cm³/mol. The first-order valence-electron chi connectivity index (χ1n) is 9.23. The second kappa shape index (κ2) is 8.15. The molecule has 132 valence electrons. The van der Waals surface area contributed by atoms with Crippen molar-refractivity contribution in [2.45, 2.75) is 58.4 Å². The van der Waals surface area contributed by atoms with E-state index in [-0.39, 0.29) is 5.91 Å². The molecule has 0 atom stereocenters. The van der Waals surface area contributed by atoms with Gasteiger partial charge in [-0.25, -0.2) is 0 Å². The lowest BCUT2D eigenvalue weighted by Gasteiger charge is -2.18. The molecule has 2 aromatic rings. The number of pyridine rings is 1. The monoisotopic (exact) mass is 337 g/mol. The average Bonchev–Trinajstić information content (AvgIpc) is 2.86. The molecule has 25 heavy (non-hydrogen) atoms. The summed E-state index contributed by atoms with van der Waals surface area (Å²) < 4.78 is 0. The first-order chi connectivity index (χ1) is 12.1. The molecule has 0 aliphatic heterocycles. The van der Waals surface area contributed by atoms with Crippen molar-refractivity contribution in [1.29, 1.82) is 0 Å². The fraction of sp³-hybridized carbons (Fsp3) is 0.429. The molecule has 1 aliphatic carbocycles. The van der Waals surface area contributed by atoms with Crippen LogP contribution in [0.15, 0.2) is 36.5 Å². The molecule has 1 amide bonds. The number of nitrogens with one attached hydrogen (secondary N) is 2. The van der Waals surface area contributed by atoms with E-state index in [4.69, 9.17) is 0 Å². The first-order valence-corrected chi connectivity index (χ1v) is 9.23. The van der Waals surface area contributed by atoms with Gasteiger partial charge in [0.2, 0.25) is 0 Å². The summed E-state index contributed by atoms with van der Waals surface area (Å²) >= 11 is 0. The Morgan fingerprint density at radius 3 is 2.52 bits per heavy atom. The minimum Gasteiger partial charge on any atom is -0.382 e. The second-order valence-corrected chi connectivity index (χ2v) is 7.04. The van der Waals surface area contributed by atoms with E-state index in [2.05, 4.69) is 21.7 Å². The molecular formula is C21H27N3O. The summed E-state index contributed by atoms with van der Waals surface area (Å²) in [6, 6.07) is 10.3. The van der Waals surface area contributed by atoms with E-state index in [0.717, 1.165) is 16.9 Å². The Kier molecular flexibility index (Phi) is 5.69. The molecule has 0 bridgehead atoms. The van der Waals surface area contributed by atoms with Crippen molar-refractivity contribution < 1.29 is 4.79 Å². The molecule has 1 saturated carbocycles. The molecule has 0 saturated heterocycles. The van der Waals surface area contributed by atoms with Gasteiger partial charge in [0.1, 0.15) is 5.69 Å². The van der Waals surface area contributed by atoms with Gasteiger partial charge in [-0.2, -0.15) is 0 Å². The Balaban J connectivity index is 1.68. The molecule has 1 aromatic carbocycles. The highest BCUT2D eigenvalue weighted by atomic mass is 16.1. The summed E-state index contributed by atoms with van der Waals surface area (Å²) in [7, 11) is 0. The standard InChI is InChI=1S/C21H27N3O/c1-15-9-10-19(16(2)13-15)24-21(25)20-14-18(11-12-22-20)23-17-7-5-3-4-6-8-17/h9-14,17H,3-8H2,1-2H3,(H,22,23)(H,24,25). The van der Waals surface area contributed by atoms with E-state index in [1.165, 1.54) is 44.1 Å². The maximum atomic E-state index is 12.5. The summed E-state index contributed by atoms with van der Waals surface area (Å²) in [4.78, 5) is 16.8. The fourth-order valence-electron chi connectivity index (χ4n) is 3.44. The van der Waals surface area contributed by atoms with Gasteiger partial charge in [-0.1, -0.05) is 43.4 Å². The molecule has 3 rings (SSSR count). The summed E-state index contributed by atoms with van der Waals surface area (Å²) in [6.45, 7) is 4.04. The Hall–Kier alpha value is -2.36. The number of amides is 1. The van der Waals surface area contributed by atoms with Crippen LogP contribution in [0.5, 0.6) is 0 Å². The van der Waals surface area contributed by atoms with E-state index in [1.807, 2.05) is 38.1 Å². The number of rotatable bonds is 4. The molecule has 0 unspecified atom stereocenters. The van der Waals surface area contributed by atoms with Gasteiger partial charge >= 0.3 is 0 Å². The molecule has 0 spiro atoms. The normalized spacial score (nSPS) is 15.4. The van der Waals surface area contributed by atoms with Crippen molar-refractivity contribution >= 4 is 17.3 Å². The van der Waals surface area contributed by atoms with Crippen molar-refractivity contribution in [3.05, 3.63) is 53.3 Å². The molecule has 4 nitrogen and oxygen atoms in total. The zero-order valence-corrected chi connectivity index (χ0v) is 15.1. The minimum absolute atomic E-state index is 0.170. The highest BCUT2D eigenvalue weighted by Gasteiger charge is 2.14. The van der Waals surface area contributed by atoms with E-state index < -0.39 is 0 Å². The summed E-state index contributed by atoms with van der Waals surface area (Å²) in [5, 5.41) is 6.54. The highest BCUT2D eigenvalue weighted by molar-refractivity contribution is 6.03. The zero-order valence-electron chi connectivity index (χ0n) is 15.1. The smallest absolute Gasteiger partial charge is 0.274 e. The van der Waals surface area contributed by atoms with Crippen LogP contribution in [0.1, 0.15) is 60.1 Å². The van der Waals surface area contributed by atoms with Gasteiger partial charge in [-0.05, 0) is 50.5 Å². The molecular weight excluding hydrogens is 310 g/mol. The van der Waals surface area contributed by atoms with Crippen LogP contribution in [0.2, 0.25) is 0 Å². The van der Waals surface area contributed by atoms with Gasteiger partial charge in [0, 0.05) is 23.6 Å². The molecule has 0 radical (unpaired) electrons. The van der Waals surface area contributed by atoms with Crippen LogP contribution in [-0.2, 0) is 0 Å². The molecule has 1 fully saturated rings. The van der Waals surface area contributed by atoms with Crippen LogP contribution in [0, 0.1) is 13.8 Å². The predicted octanol–water partition coefficient (Wildman–Crippen LogP) is 5.09. The van der Waals surface area contributed by atoms with Gasteiger partial charge in [0.25, 0.3) is 5.91 Å². The van der Waals surface area contributed by atoms with E-state index in [1.54, 1.807) is 6.20 Å². The molecule has 2 N–H and O–H groups in total. The number of anilines is 2. The summed E-state index contributed by atoms with van der Waals surface area (Å²) in [5.41, 5.74) is 4.50. The summed E-state index contributed by atoms with van der Waals surface area (Å²) in [6.07, 6.45) is 9.33. The summed E-state index contributed by atoms with van der Waals surface area (Å²) in [5.74, 6) is -0.170. The number of hydrogen-bond donors (Lipinski definition) is 2. The van der Waals surface area contributed by atoms with Gasteiger partial charge in [-0.15, -0.1) is 0 Å². The minimum atomic E-state index is -0.170. The Morgan fingerprint density at radius 1 is 1.04 bits per heavy atom. The van der Waals surface area contributed by atoms with Crippen molar-refractivity contribution in [1.82, 2.24) is 4.98 Å². The maximum Gasteiger partial charge on any atom is 0.274 e. The third kappa shape index (κ3) is 4.81. The van der Waals surface area contributed by atoms with E-state index in [9.17, 15) is 4.79 Å². The Bertz CT molecular complexity index is 734. The van der Waals surface area contributed by atoms with Gasteiger partial charge in [-0.3, -0.25) is 9.78 Å². The second-order valence-electron chi connectivity index (χ2n) is 7.04. The van der Waals surface area contributed by atoms with Crippen LogP contribution < -0.4 is 10.6 Å². The quantitative estimate of drug-likeness (QED) is 0.765. The molecule has 1 aromatic heterocycles. The zero-order chi connectivity index (χ0) is 17.6. The van der Waals surface area contributed by atoms with Gasteiger partial charge < -0.3 is 10.6 Å². The average molecular weight is 337 g/mol. The first kappa shape index (κ1) is 17.5. The van der Waals surface area contributed by atoms with Crippen LogP contribution in [0.25, 0.3) is 0 Å². The molecule has 1 heterocycles. The molecule has 1 aliphatic rings. The highest BCUT2D eigenvalue weighted by Crippen LogP contribution is 2.22. The lowest BCUT2D eigenvalue weighted by atomic mass is 10.1. The Labute approximate surface area is 150 Å². The number of aromatic nitrogens is 1. The van der Waals surface area contributed by atoms with Crippen molar-refractivity contribution in [2.75, 3.05) is 10.6 Å². The Morgan fingerprint density at radius 2 is 1.80 bits per heavy atom. The number of hydrogen-bond acceptors (Lipinski definition) is 3. The van der Waals surface area contributed by atoms with Crippen molar-refractivity contribution in [3.8, 4) is 0 Å². The van der Waals surface area contributed by atoms with E-state index >= 15 is 0 Å². The lowest BCUT2D eigenvalue weighted by molar-refractivity contribution is 0.102. The number of carbonyl (C=O) groups excluding carboxylic acids is 1. The van der Waals surface area contributed by atoms with Gasteiger partial charge in [0.15, 0.2) is 0 Å². The SMILES string of the molecule is Cc1ccc(NC(=O)c2cc(NC3CCCCCC3)ccn2)c(C)c1. The number of aryl methyl sites for hydroxylation is 2. The number of nitrogens with zero attached hydrogens (tertiary/aromatic N) is 1. The number of benzene rings is 1. The van der Waals surface area contributed by atoms with Gasteiger partial charge in [0.05, 0.1) is 0 Å². The largest absolute Gasteiger partial charge is 0.382 e. The topological polar surface area (TPSA) is 54.0 Å². The third-order valence-electron chi connectivity index (χ3n) is 4.85. The van der Waals surface area contributed by atoms with Crippen molar-refractivity contribution in [3.63, 3.8) is 0 Å². The third-order valence-corrected chi connectivity index (χ3v) is 4.85.